The van der Waals surface area contributed by atoms with Crippen LogP contribution in [0.25, 0.3) is 21.8 Å². The highest BCUT2D eigenvalue weighted by atomic mass is 16.5. The molecule has 1 aliphatic rings. The number of rotatable bonds is 6. The number of benzene rings is 2. The number of para-hydroxylation sites is 1. The van der Waals surface area contributed by atoms with Crippen LogP contribution in [-0.2, 0) is 9.53 Å². The van der Waals surface area contributed by atoms with Crippen molar-refractivity contribution in [2.24, 2.45) is 5.73 Å². The Morgan fingerprint density at radius 2 is 1.96 bits per heavy atom. The summed E-state index contributed by atoms with van der Waals surface area (Å²) < 4.78 is 5.33. The topological polar surface area (TPSA) is 100 Å². The van der Waals surface area contributed by atoms with Crippen molar-refractivity contribution in [2.75, 3.05) is 38.2 Å². The smallest absolute Gasteiger partial charge is 0.250 e. The van der Waals surface area contributed by atoms with Crippen molar-refractivity contribution in [3.05, 3.63) is 42.0 Å². The summed E-state index contributed by atoms with van der Waals surface area (Å²) in [6.45, 7) is 4.33. The van der Waals surface area contributed by atoms with Crippen molar-refractivity contribution in [3.8, 4) is 0 Å². The van der Waals surface area contributed by atoms with Gasteiger partial charge in [-0.05, 0) is 31.2 Å². The fraction of sp³-hybridized carbons (Fsp3) is 0.333. The minimum absolute atomic E-state index is 0.00143. The normalized spacial score (nSPS) is 15.1. The summed E-state index contributed by atoms with van der Waals surface area (Å²) in [5.41, 5.74) is 8.24. The molecule has 3 aromatic rings. The van der Waals surface area contributed by atoms with Crippen LogP contribution in [0.15, 0.2) is 36.4 Å². The molecule has 4 rings (SSSR count). The largest absolute Gasteiger partial charge is 0.379 e. The van der Waals surface area contributed by atoms with Gasteiger partial charge < -0.3 is 20.8 Å². The number of H-pyrrole nitrogens is 1. The van der Waals surface area contributed by atoms with Crippen molar-refractivity contribution >= 4 is 39.3 Å². The SMILES string of the molecule is NC(=O)c1cccc2c1[nH]c1cc(NC(=O)CCCN3CCOCC3)ccc12. The van der Waals surface area contributed by atoms with E-state index in [0.29, 0.717) is 12.0 Å². The number of ether oxygens (including phenoxy) is 1. The zero-order chi connectivity index (χ0) is 19.5. The Kier molecular flexibility index (Phi) is 5.27. The Labute approximate surface area is 162 Å². The van der Waals surface area contributed by atoms with Gasteiger partial charge in [0.2, 0.25) is 5.91 Å². The summed E-state index contributed by atoms with van der Waals surface area (Å²) in [4.78, 5) is 29.5. The number of hydrogen-bond acceptors (Lipinski definition) is 4. The maximum atomic E-state index is 12.3. The van der Waals surface area contributed by atoms with E-state index in [1.807, 2.05) is 30.3 Å². The van der Waals surface area contributed by atoms with E-state index in [1.54, 1.807) is 6.07 Å². The van der Waals surface area contributed by atoms with Gasteiger partial charge in [0.15, 0.2) is 0 Å². The second-order valence-corrected chi connectivity index (χ2v) is 7.08. The number of anilines is 1. The number of nitrogens with one attached hydrogen (secondary N) is 2. The molecule has 7 nitrogen and oxygen atoms in total. The summed E-state index contributed by atoms with van der Waals surface area (Å²) in [5.74, 6) is -0.465. The lowest BCUT2D eigenvalue weighted by molar-refractivity contribution is -0.116. The van der Waals surface area contributed by atoms with Crippen molar-refractivity contribution in [1.82, 2.24) is 9.88 Å². The number of aromatic amines is 1. The third-order valence-corrected chi connectivity index (χ3v) is 5.16. The maximum absolute atomic E-state index is 12.3. The number of hydrogen-bond donors (Lipinski definition) is 3. The van der Waals surface area contributed by atoms with Gasteiger partial charge in [-0.25, -0.2) is 0 Å². The van der Waals surface area contributed by atoms with Crippen LogP contribution in [0.4, 0.5) is 5.69 Å². The molecule has 0 aliphatic carbocycles. The molecule has 1 fully saturated rings. The van der Waals surface area contributed by atoms with E-state index in [0.717, 1.165) is 66.8 Å². The Bertz CT molecular complexity index is 1020. The third-order valence-electron chi connectivity index (χ3n) is 5.16. The Morgan fingerprint density at radius 3 is 2.75 bits per heavy atom. The molecule has 28 heavy (non-hydrogen) atoms. The zero-order valence-corrected chi connectivity index (χ0v) is 15.7. The average molecular weight is 380 g/mol. The van der Waals surface area contributed by atoms with Crippen LogP contribution in [0.5, 0.6) is 0 Å². The standard InChI is InChI=1S/C21H24N4O3/c22-21(27)17-4-1-3-16-15-7-6-14(13-18(15)24-20(16)17)23-19(26)5-2-8-25-9-11-28-12-10-25/h1,3-4,6-7,13,24H,2,5,8-12H2,(H2,22,27)(H,23,26). The van der Waals surface area contributed by atoms with E-state index in [-0.39, 0.29) is 5.91 Å². The number of amides is 2. The van der Waals surface area contributed by atoms with Gasteiger partial charge in [0.1, 0.15) is 0 Å². The van der Waals surface area contributed by atoms with Gasteiger partial charge >= 0.3 is 0 Å². The van der Waals surface area contributed by atoms with E-state index in [2.05, 4.69) is 15.2 Å². The molecule has 1 aromatic heterocycles. The molecule has 2 heterocycles. The van der Waals surface area contributed by atoms with Gasteiger partial charge in [0.25, 0.3) is 5.91 Å². The molecule has 1 saturated heterocycles. The average Bonchev–Trinajstić information content (AvgIpc) is 3.06. The number of primary amides is 1. The number of carbonyl (C=O) groups excluding carboxylic acids is 2. The molecule has 0 atom stereocenters. The molecule has 0 unspecified atom stereocenters. The molecular formula is C21H24N4O3. The molecule has 0 saturated carbocycles. The molecule has 1 aliphatic heterocycles. The Hall–Kier alpha value is -2.90. The number of aromatic nitrogens is 1. The van der Waals surface area contributed by atoms with Gasteiger partial charge in [0, 0.05) is 41.5 Å². The van der Waals surface area contributed by atoms with Crippen molar-refractivity contribution < 1.29 is 14.3 Å². The fourth-order valence-corrected chi connectivity index (χ4v) is 3.72. The third kappa shape index (κ3) is 3.85. The monoisotopic (exact) mass is 380 g/mol. The number of nitrogens with two attached hydrogens (primary N) is 1. The number of morpholine rings is 1. The van der Waals surface area contributed by atoms with E-state index in [4.69, 9.17) is 10.5 Å². The van der Waals surface area contributed by atoms with Crippen LogP contribution in [-0.4, -0.2) is 54.5 Å². The molecule has 0 bridgehead atoms. The summed E-state index contributed by atoms with van der Waals surface area (Å²) in [5, 5.41) is 4.89. The minimum atomic E-state index is -0.467. The van der Waals surface area contributed by atoms with Crippen molar-refractivity contribution in [1.29, 1.82) is 0 Å². The first-order valence-corrected chi connectivity index (χ1v) is 9.56. The molecule has 146 valence electrons. The van der Waals surface area contributed by atoms with Gasteiger partial charge in [-0.15, -0.1) is 0 Å². The lowest BCUT2D eigenvalue weighted by atomic mass is 10.1. The van der Waals surface area contributed by atoms with Crippen LogP contribution in [0.2, 0.25) is 0 Å². The van der Waals surface area contributed by atoms with Crippen molar-refractivity contribution in [2.45, 2.75) is 12.8 Å². The molecule has 4 N–H and O–H groups in total. The second-order valence-electron chi connectivity index (χ2n) is 7.08. The van der Waals surface area contributed by atoms with Crippen LogP contribution in [0.3, 0.4) is 0 Å². The van der Waals surface area contributed by atoms with Crippen LogP contribution in [0.1, 0.15) is 23.2 Å². The lowest BCUT2D eigenvalue weighted by Gasteiger charge is -2.26. The minimum Gasteiger partial charge on any atom is -0.379 e. The van der Waals surface area contributed by atoms with Crippen LogP contribution in [0, 0.1) is 0 Å². The molecule has 0 radical (unpaired) electrons. The molecule has 0 spiro atoms. The summed E-state index contributed by atoms with van der Waals surface area (Å²) in [6.07, 6.45) is 1.30. The number of carbonyl (C=O) groups is 2. The number of nitrogens with zero attached hydrogens (tertiary/aromatic N) is 1. The van der Waals surface area contributed by atoms with E-state index >= 15 is 0 Å². The zero-order valence-electron chi connectivity index (χ0n) is 15.7. The first-order chi connectivity index (χ1) is 13.6. The molecule has 2 aromatic carbocycles. The fourth-order valence-electron chi connectivity index (χ4n) is 3.72. The first kappa shape index (κ1) is 18.5. The van der Waals surface area contributed by atoms with Crippen LogP contribution >= 0.6 is 0 Å². The van der Waals surface area contributed by atoms with Gasteiger partial charge in [-0.1, -0.05) is 18.2 Å². The predicted octanol–water partition coefficient (Wildman–Crippen LogP) is 2.47. The van der Waals surface area contributed by atoms with Crippen molar-refractivity contribution in [3.63, 3.8) is 0 Å². The lowest BCUT2D eigenvalue weighted by Crippen LogP contribution is -2.37. The quantitative estimate of drug-likeness (QED) is 0.611. The van der Waals surface area contributed by atoms with Gasteiger partial charge in [-0.3, -0.25) is 14.5 Å². The highest BCUT2D eigenvalue weighted by molar-refractivity contribution is 6.15. The Morgan fingerprint density at radius 1 is 1.14 bits per heavy atom. The first-order valence-electron chi connectivity index (χ1n) is 9.56. The maximum Gasteiger partial charge on any atom is 0.250 e. The van der Waals surface area contributed by atoms with E-state index < -0.39 is 5.91 Å². The van der Waals surface area contributed by atoms with Crippen LogP contribution < -0.4 is 11.1 Å². The van der Waals surface area contributed by atoms with E-state index in [1.165, 1.54) is 0 Å². The van der Waals surface area contributed by atoms with Gasteiger partial charge in [-0.2, -0.15) is 0 Å². The molecule has 2 amide bonds. The predicted molar refractivity (Wildman–Crippen MR) is 109 cm³/mol. The Balaban J connectivity index is 1.44. The highest BCUT2D eigenvalue weighted by Gasteiger charge is 2.13. The molecular weight excluding hydrogens is 356 g/mol. The summed E-state index contributed by atoms with van der Waals surface area (Å²) >= 11 is 0. The van der Waals surface area contributed by atoms with Gasteiger partial charge in [0.05, 0.1) is 24.3 Å². The second kappa shape index (κ2) is 8.00. The highest BCUT2D eigenvalue weighted by Crippen LogP contribution is 2.29. The van der Waals surface area contributed by atoms with E-state index in [9.17, 15) is 9.59 Å². The summed E-state index contributed by atoms with van der Waals surface area (Å²) in [7, 11) is 0. The molecule has 7 heteroatoms. The summed E-state index contributed by atoms with van der Waals surface area (Å²) in [6, 6.07) is 11.2. The number of fused-ring (bicyclic) bond motifs is 3.